The van der Waals surface area contributed by atoms with Gasteiger partial charge in [-0.2, -0.15) is 0 Å². The van der Waals surface area contributed by atoms with E-state index in [0.29, 0.717) is 23.4 Å². The molecule has 0 radical (unpaired) electrons. The molecule has 0 unspecified atom stereocenters. The lowest BCUT2D eigenvalue weighted by Crippen LogP contribution is -2.38. The van der Waals surface area contributed by atoms with E-state index < -0.39 is 0 Å². The number of pyridine rings is 1. The van der Waals surface area contributed by atoms with Crippen LogP contribution in [0.1, 0.15) is 37.7 Å². The summed E-state index contributed by atoms with van der Waals surface area (Å²) >= 11 is 0. The van der Waals surface area contributed by atoms with E-state index in [4.69, 9.17) is 4.74 Å². The lowest BCUT2D eigenvalue weighted by atomic mass is 9.75. The summed E-state index contributed by atoms with van der Waals surface area (Å²) in [5.74, 6) is 0.875. The molecule has 0 spiro atoms. The zero-order valence-electron chi connectivity index (χ0n) is 13.9. The van der Waals surface area contributed by atoms with Crippen molar-refractivity contribution in [3.8, 4) is 0 Å². The van der Waals surface area contributed by atoms with E-state index in [9.17, 15) is 4.39 Å². The fraction of sp³-hybridized carbons (Fsp3) is 0.526. The van der Waals surface area contributed by atoms with E-state index in [1.165, 1.54) is 12.0 Å². The number of methoxy groups -OCH3 is 1. The molecule has 1 aromatic carbocycles. The highest BCUT2D eigenvalue weighted by atomic mass is 19.1. The van der Waals surface area contributed by atoms with E-state index in [-0.39, 0.29) is 5.82 Å². The molecule has 1 N–H and O–H groups in total. The minimum atomic E-state index is -0.233. The lowest BCUT2D eigenvalue weighted by molar-refractivity contribution is 0.185. The molecular weight excluding hydrogens is 291 g/mol. The third kappa shape index (κ3) is 3.70. The molecule has 1 aromatic heterocycles. The van der Waals surface area contributed by atoms with Gasteiger partial charge in [-0.25, -0.2) is 4.39 Å². The second-order valence-electron chi connectivity index (χ2n) is 6.69. The number of aromatic nitrogens is 1. The molecule has 0 amide bonds. The predicted molar refractivity (Wildman–Crippen MR) is 91.1 cm³/mol. The molecule has 4 heteroatoms. The molecule has 0 saturated heterocycles. The number of ether oxygens (including phenoxy) is 1. The summed E-state index contributed by atoms with van der Waals surface area (Å²) in [5.41, 5.74) is 1.73. The van der Waals surface area contributed by atoms with Crippen molar-refractivity contribution in [2.45, 2.75) is 38.1 Å². The average molecular weight is 316 g/mol. The van der Waals surface area contributed by atoms with Crippen LogP contribution in [0.25, 0.3) is 10.9 Å². The summed E-state index contributed by atoms with van der Waals surface area (Å²) in [6.07, 6.45) is 5.09. The quantitative estimate of drug-likeness (QED) is 0.850. The third-order valence-corrected chi connectivity index (χ3v) is 4.88. The number of hydrogen-bond donors (Lipinski definition) is 1. The number of nitrogens with one attached hydrogen (secondary N) is 1. The minimum Gasteiger partial charge on any atom is -0.383 e. The molecule has 0 aliphatic heterocycles. The zero-order chi connectivity index (χ0) is 16.2. The van der Waals surface area contributed by atoms with Gasteiger partial charge in [0.1, 0.15) is 11.3 Å². The van der Waals surface area contributed by atoms with Gasteiger partial charge in [-0.1, -0.05) is 19.1 Å². The Kier molecular flexibility index (Phi) is 5.23. The maximum absolute atomic E-state index is 14.0. The molecule has 0 bridgehead atoms. The summed E-state index contributed by atoms with van der Waals surface area (Å²) in [6, 6.07) is 7.90. The van der Waals surface area contributed by atoms with Crippen LogP contribution in [0.2, 0.25) is 0 Å². The molecule has 1 aliphatic rings. The van der Waals surface area contributed by atoms with Gasteiger partial charge < -0.3 is 10.1 Å². The van der Waals surface area contributed by atoms with Gasteiger partial charge in [-0.3, -0.25) is 4.98 Å². The fourth-order valence-electron chi connectivity index (χ4n) is 3.91. The van der Waals surface area contributed by atoms with Crippen LogP contribution in [0.4, 0.5) is 4.39 Å². The number of rotatable bonds is 5. The van der Waals surface area contributed by atoms with E-state index in [0.717, 1.165) is 31.4 Å². The van der Waals surface area contributed by atoms with Crippen molar-refractivity contribution in [2.24, 2.45) is 5.92 Å². The highest BCUT2D eigenvalue weighted by Crippen LogP contribution is 2.39. The molecule has 3 rings (SSSR count). The van der Waals surface area contributed by atoms with Crippen molar-refractivity contribution >= 4 is 10.9 Å². The first-order chi connectivity index (χ1) is 11.2. The molecule has 3 nitrogen and oxygen atoms in total. The summed E-state index contributed by atoms with van der Waals surface area (Å²) in [7, 11) is 1.73. The summed E-state index contributed by atoms with van der Waals surface area (Å²) in [5, 5.41) is 4.56. The first kappa shape index (κ1) is 16.3. The van der Waals surface area contributed by atoms with Crippen molar-refractivity contribution in [2.75, 3.05) is 20.3 Å². The lowest BCUT2D eigenvalue weighted by Gasteiger charge is -2.34. The van der Waals surface area contributed by atoms with Gasteiger partial charge in [0, 0.05) is 31.3 Å². The molecule has 1 fully saturated rings. The maximum Gasteiger partial charge on any atom is 0.149 e. The van der Waals surface area contributed by atoms with E-state index in [1.54, 1.807) is 19.4 Å². The standard InChI is InChI=1S/C19H25FN2O/c1-13-10-14(12-15(11-13)21-8-9-23-2)16-5-6-18(20)19-17(16)4-3-7-22-19/h3-7,13-15,21H,8-12H2,1-2H3/t13-,14+,15-/m1/s1. The van der Waals surface area contributed by atoms with Crippen molar-refractivity contribution in [1.29, 1.82) is 0 Å². The van der Waals surface area contributed by atoms with E-state index in [2.05, 4.69) is 17.2 Å². The van der Waals surface area contributed by atoms with Crippen LogP contribution in [0.5, 0.6) is 0 Å². The molecule has 1 aliphatic carbocycles. The van der Waals surface area contributed by atoms with Gasteiger partial charge >= 0.3 is 0 Å². The molecule has 3 atom stereocenters. The Morgan fingerprint density at radius 3 is 2.96 bits per heavy atom. The van der Waals surface area contributed by atoms with Crippen molar-refractivity contribution in [1.82, 2.24) is 10.3 Å². The van der Waals surface area contributed by atoms with Gasteiger partial charge in [0.05, 0.1) is 6.61 Å². The highest BCUT2D eigenvalue weighted by Gasteiger charge is 2.28. The molecule has 1 heterocycles. The number of hydrogen-bond acceptors (Lipinski definition) is 3. The fourth-order valence-corrected chi connectivity index (χ4v) is 3.91. The van der Waals surface area contributed by atoms with Gasteiger partial charge in [-0.15, -0.1) is 0 Å². The number of halogens is 1. The maximum atomic E-state index is 14.0. The minimum absolute atomic E-state index is 0.233. The molecule has 23 heavy (non-hydrogen) atoms. The Morgan fingerprint density at radius 1 is 1.26 bits per heavy atom. The Bertz CT molecular complexity index is 661. The predicted octanol–water partition coefficient (Wildman–Crippen LogP) is 3.88. The van der Waals surface area contributed by atoms with Crippen LogP contribution < -0.4 is 5.32 Å². The molecule has 1 saturated carbocycles. The monoisotopic (exact) mass is 316 g/mol. The smallest absolute Gasteiger partial charge is 0.149 e. The van der Waals surface area contributed by atoms with Crippen LogP contribution in [-0.2, 0) is 4.74 Å². The Morgan fingerprint density at radius 2 is 2.13 bits per heavy atom. The first-order valence-electron chi connectivity index (χ1n) is 8.44. The average Bonchev–Trinajstić information content (AvgIpc) is 2.55. The van der Waals surface area contributed by atoms with Crippen LogP contribution in [0, 0.1) is 11.7 Å². The number of fused-ring (bicyclic) bond motifs is 1. The third-order valence-electron chi connectivity index (χ3n) is 4.88. The van der Waals surface area contributed by atoms with Gasteiger partial charge in [-0.05, 0) is 48.8 Å². The number of nitrogens with zero attached hydrogens (tertiary/aromatic N) is 1. The van der Waals surface area contributed by atoms with E-state index >= 15 is 0 Å². The summed E-state index contributed by atoms with van der Waals surface area (Å²) < 4.78 is 19.1. The topological polar surface area (TPSA) is 34.1 Å². The summed E-state index contributed by atoms with van der Waals surface area (Å²) in [4.78, 5) is 4.23. The SMILES string of the molecule is COCCN[C@@H]1C[C@H](C)C[C@H](c2ccc(F)c3ncccc23)C1. The number of benzene rings is 1. The summed E-state index contributed by atoms with van der Waals surface area (Å²) in [6.45, 7) is 3.92. The second-order valence-corrected chi connectivity index (χ2v) is 6.69. The van der Waals surface area contributed by atoms with Crippen molar-refractivity contribution < 1.29 is 9.13 Å². The Balaban J connectivity index is 1.84. The normalized spacial score (nSPS) is 24.9. The zero-order valence-corrected chi connectivity index (χ0v) is 13.9. The van der Waals surface area contributed by atoms with E-state index in [1.807, 2.05) is 18.2 Å². The molecular formula is C19H25FN2O. The highest BCUT2D eigenvalue weighted by molar-refractivity contribution is 5.83. The first-order valence-corrected chi connectivity index (χ1v) is 8.44. The van der Waals surface area contributed by atoms with Gasteiger partial charge in [0.15, 0.2) is 0 Å². The Labute approximate surface area is 137 Å². The largest absolute Gasteiger partial charge is 0.383 e. The Hall–Kier alpha value is -1.52. The van der Waals surface area contributed by atoms with Crippen LogP contribution in [0.15, 0.2) is 30.5 Å². The van der Waals surface area contributed by atoms with Crippen LogP contribution in [-0.4, -0.2) is 31.3 Å². The van der Waals surface area contributed by atoms with Crippen molar-refractivity contribution in [3.05, 3.63) is 41.8 Å². The van der Waals surface area contributed by atoms with Gasteiger partial charge in [0.25, 0.3) is 0 Å². The molecule has 124 valence electrons. The second kappa shape index (κ2) is 7.37. The van der Waals surface area contributed by atoms with Crippen LogP contribution in [0.3, 0.4) is 0 Å². The molecule has 2 aromatic rings. The van der Waals surface area contributed by atoms with Crippen LogP contribution >= 0.6 is 0 Å². The van der Waals surface area contributed by atoms with Gasteiger partial charge in [0.2, 0.25) is 0 Å². The van der Waals surface area contributed by atoms with Crippen molar-refractivity contribution in [3.63, 3.8) is 0 Å².